The number of aromatic nitrogens is 1. The zero-order valence-corrected chi connectivity index (χ0v) is 18.7. The number of amides is 3. The molecule has 9 heteroatoms. The Morgan fingerprint density at radius 2 is 2.03 bits per heavy atom. The molecule has 33 heavy (non-hydrogen) atoms. The molecule has 0 saturated heterocycles. The average molecular weight is 469 g/mol. The van der Waals surface area contributed by atoms with Crippen molar-refractivity contribution in [1.29, 1.82) is 0 Å². The van der Waals surface area contributed by atoms with Gasteiger partial charge in [-0.3, -0.25) is 19.4 Å². The Balaban J connectivity index is 1.64. The van der Waals surface area contributed by atoms with Crippen molar-refractivity contribution in [1.82, 2.24) is 15.2 Å². The van der Waals surface area contributed by atoms with Gasteiger partial charge in [-0.15, -0.1) is 0 Å². The van der Waals surface area contributed by atoms with Gasteiger partial charge in [-0.1, -0.05) is 18.5 Å². The van der Waals surface area contributed by atoms with Gasteiger partial charge in [0.05, 0.1) is 24.3 Å². The molecule has 1 aromatic heterocycles. The number of nitrogens with one attached hydrogen (secondary N) is 2. The summed E-state index contributed by atoms with van der Waals surface area (Å²) in [4.78, 5) is 44.1. The number of anilines is 1. The van der Waals surface area contributed by atoms with E-state index in [2.05, 4.69) is 15.6 Å². The van der Waals surface area contributed by atoms with Crippen molar-refractivity contribution in [2.75, 3.05) is 25.0 Å². The lowest BCUT2D eigenvalue weighted by atomic mass is 9.88. The van der Waals surface area contributed by atoms with Crippen LogP contribution >= 0.6 is 11.6 Å². The van der Waals surface area contributed by atoms with Crippen molar-refractivity contribution in [2.24, 2.45) is 0 Å². The highest BCUT2D eigenvalue weighted by atomic mass is 35.5. The minimum atomic E-state index is -0.758. The summed E-state index contributed by atoms with van der Waals surface area (Å²) in [5.74, 6) is -2.17. The zero-order chi connectivity index (χ0) is 23.5. The first-order valence-corrected chi connectivity index (χ1v) is 10.9. The van der Waals surface area contributed by atoms with Crippen LogP contribution < -0.4 is 10.6 Å². The molecule has 0 radical (unpaired) electrons. The highest BCUT2D eigenvalue weighted by Gasteiger charge is 2.36. The maximum absolute atomic E-state index is 13.6. The van der Waals surface area contributed by atoms with Crippen LogP contribution in [0.5, 0.6) is 0 Å². The van der Waals surface area contributed by atoms with E-state index in [0.29, 0.717) is 39.2 Å². The molecule has 0 aliphatic carbocycles. The van der Waals surface area contributed by atoms with Gasteiger partial charge >= 0.3 is 0 Å². The first-order valence-electron chi connectivity index (χ1n) is 10.6. The van der Waals surface area contributed by atoms with Crippen LogP contribution in [0.2, 0.25) is 5.02 Å². The largest absolute Gasteiger partial charge is 0.355 e. The fourth-order valence-corrected chi connectivity index (χ4v) is 4.09. The van der Waals surface area contributed by atoms with Crippen molar-refractivity contribution < 1.29 is 18.8 Å². The van der Waals surface area contributed by atoms with Gasteiger partial charge in [0.1, 0.15) is 5.82 Å². The van der Waals surface area contributed by atoms with Crippen LogP contribution in [0.15, 0.2) is 48.8 Å². The third kappa shape index (κ3) is 4.80. The molecule has 3 aromatic rings. The summed E-state index contributed by atoms with van der Waals surface area (Å²) in [7, 11) is 0. The molecule has 2 N–H and O–H groups in total. The number of nitrogens with zero attached hydrogens (tertiary/aromatic N) is 2. The maximum atomic E-state index is 13.6. The molecule has 0 fully saturated rings. The van der Waals surface area contributed by atoms with Gasteiger partial charge in [-0.05, 0) is 48.4 Å². The lowest BCUT2D eigenvalue weighted by molar-refractivity contribution is -0.123. The number of pyridine rings is 1. The van der Waals surface area contributed by atoms with E-state index in [1.165, 1.54) is 29.4 Å². The topological polar surface area (TPSA) is 91.4 Å². The minimum absolute atomic E-state index is 0.0182. The van der Waals surface area contributed by atoms with Crippen molar-refractivity contribution >= 4 is 45.8 Å². The molecule has 1 aliphatic rings. The van der Waals surface area contributed by atoms with E-state index < -0.39 is 11.7 Å². The lowest BCUT2D eigenvalue weighted by Crippen LogP contribution is -2.47. The van der Waals surface area contributed by atoms with Gasteiger partial charge in [0.2, 0.25) is 11.8 Å². The van der Waals surface area contributed by atoms with Crippen molar-refractivity contribution in [2.45, 2.75) is 19.3 Å². The van der Waals surface area contributed by atoms with Crippen molar-refractivity contribution in [3.8, 4) is 0 Å². The molecule has 0 bridgehead atoms. The molecule has 0 unspecified atom stereocenters. The second-order valence-corrected chi connectivity index (χ2v) is 8.30. The summed E-state index contributed by atoms with van der Waals surface area (Å²) >= 11 is 6.16. The quantitative estimate of drug-likeness (QED) is 0.576. The van der Waals surface area contributed by atoms with E-state index in [0.717, 1.165) is 6.42 Å². The fourth-order valence-electron chi connectivity index (χ4n) is 3.91. The first kappa shape index (κ1) is 22.7. The van der Waals surface area contributed by atoms with E-state index in [1.54, 1.807) is 24.3 Å². The second-order valence-electron chi connectivity index (χ2n) is 7.86. The zero-order valence-electron chi connectivity index (χ0n) is 17.9. The van der Waals surface area contributed by atoms with Crippen LogP contribution in [0.4, 0.5) is 10.1 Å². The van der Waals surface area contributed by atoms with E-state index in [1.807, 2.05) is 6.92 Å². The number of hydrogen-bond acceptors (Lipinski definition) is 4. The average Bonchev–Trinajstić information content (AvgIpc) is 2.79. The molecule has 3 amide bonds. The summed E-state index contributed by atoms with van der Waals surface area (Å²) in [5, 5.41) is 7.18. The van der Waals surface area contributed by atoms with Gasteiger partial charge < -0.3 is 15.5 Å². The minimum Gasteiger partial charge on any atom is -0.355 e. The molecule has 7 nitrogen and oxygen atoms in total. The number of benzene rings is 2. The Labute approximate surface area is 194 Å². The molecule has 170 valence electrons. The third-order valence-corrected chi connectivity index (χ3v) is 5.75. The summed E-state index contributed by atoms with van der Waals surface area (Å²) in [6, 6.07) is 8.97. The van der Waals surface area contributed by atoms with Gasteiger partial charge in [-0.2, -0.15) is 0 Å². The predicted octanol–water partition coefficient (Wildman–Crippen LogP) is 3.73. The van der Waals surface area contributed by atoms with Gasteiger partial charge in [0.25, 0.3) is 5.91 Å². The summed E-state index contributed by atoms with van der Waals surface area (Å²) in [5.41, 5.74) is 1.24. The molecule has 0 saturated carbocycles. The van der Waals surface area contributed by atoms with E-state index in [4.69, 9.17) is 11.6 Å². The highest BCUT2D eigenvalue weighted by Crippen LogP contribution is 2.32. The van der Waals surface area contributed by atoms with Crippen LogP contribution in [0, 0.1) is 5.82 Å². The Hall–Kier alpha value is -3.52. The molecule has 4 rings (SSSR count). The molecule has 2 aromatic carbocycles. The van der Waals surface area contributed by atoms with Crippen LogP contribution in [-0.4, -0.2) is 47.2 Å². The van der Waals surface area contributed by atoms with Crippen LogP contribution in [0.1, 0.15) is 35.2 Å². The Kier molecular flexibility index (Phi) is 6.55. The first-order chi connectivity index (χ1) is 15.9. The number of rotatable bonds is 6. The molecular formula is C24H22ClFN4O3. The number of halogens is 2. The standard InChI is InChI=1S/C24H22ClFN4O3/c1-2-7-28-22(31)13-30-12-20(19-9-15(25)3-5-18(19)24(30)33)23(32)29-21-11-27-10-14-8-16(26)4-6-17(14)21/h3-6,8-11,20H,2,7,12-13H2,1H3,(H,28,31)(H,29,32)/t20-/m1/s1. The molecular weight excluding hydrogens is 447 g/mol. The molecule has 1 atom stereocenters. The summed E-state index contributed by atoms with van der Waals surface area (Å²) in [6.07, 6.45) is 3.77. The van der Waals surface area contributed by atoms with E-state index in [-0.39, 0.29) is 30.8 Å². The smallest absolute Gasteiger partial charge is 0.254 e. The predicted molar refractivity (Wildman–Crippen MR) is 124 cm³/mol. The molecule has 2 heterocycles. The third-order valence-electron chi connectivity index (χ3n) is 5.51. The van der Waals surface area contributed by atoms with Crippen LogP contribution in [0.3, 0.4) is 0 Å². The van der Waals surface area contributed by atoms with Crippen molar-refractivity contribution in [3.63, 3.8) is 0 Å². The van der Waals surface area contributed by atoms with Gasteiger partial charge in [0.15, 0.2) is 0 Å². The normalized spacial score (nSPS) is 15.3. The number of hydrogen-bond donors (Lipinski definition) is 2. The van der Waals surface area contributed by atoms with Gasteiger partial charge in [0, 0.05) is 40.6 Å². The number of carbonyl (C=O) groups is 3. The Bertz CT molecular complexity index is 1250. The van der Waals surface area contributed by atoms with Crippen LogP contribution in [-0.2, 0) is 9.59 Å². The summed E-state index contributed by atoms with van der Waals surface area (Å²) in [6.45, 7) is 2.30. The lowest BCUT2D eigenvalue weighted by Gasteiger charge is -2.33. The monoisotopic (exact) mass is 468 g/mol. The maximum Gasteiger partial charge on any atom is 0.254 e. The Morgan fingerprint density at radius 1 is 1.21 bits per heavy atom. The summed E-state index contributed by atoms with van der Waals surface area (Å²) < 4.78 is 13.6. The number of fused-ring (bicyclic) bond motifs is 2. The fraction of sp³-hybridized carbons (Fsp3) is 0.250. The molecule has 0 spiro atoms. The van der Waals surface area contributed by atoms with Crippen molar-refractivity contribution in [3.05, 3.63) is 70.8 Å². The van der Waals surface area contributed by atoms with Crippen LogP contribution in [0.25, 0.3) is 10.8 Å². The second kappa shape index (κ2) is 9.54. The molecule has 1 aliphatic heterocycles. The van der Waals surface area contributed by atoms with E-state index >= 15 is 0 Å². The SMILES string of the molecule is CCCNC(=O)CN1C[C@@H](C(=O)Nc2cncc3cc(F)ccc23)c2cc(Cl)ccc2C1=O. The van der Waals surface area contributed by atoms with Gasteiger partial charge in [-0.25, -0.2) is 4.39 Å². The van der Waals surface area contributed by atoms with E-state index in [9.17, 15) is 18.8 Å². The number of carbonyl (C=O) groups excluding carboxylic acids is 3. The Morgan fingerprint density at radius 3 is 2.82 bits per heavy atom. The highest BCUT2D eigenvalue weighted by molar-refractivity contribution is 6.30.